The normalized spacial score (nSPS) is 11.5. The Labute approximate surface area is 99.2 Å². The van der Waals surface area contributed by atoms with Crippen molar-refractivity contribution < 1.29 is 39.5 Å². The number of rotatable bonds is 3. The minimum Gasteiger partial charge on any atom is -0.548 e. The number of hydrogen-bond acceptors (Lipinski definition) is 3. The largest absolute Gasteiger partial charge is 1.00 e. The number of carboxylic acids is 1. The van der Waals surface area contributed by atoms with Gasteiger partial charge in [0.15, 0.2) is 0 Å². The molecule has 0 saturated carbocycles. The van der Waals surface area contributed by atoms with Crippen LogP contribution in [0.2, 0.25) is 0 Å². The second-order valence-corrected chi connectivity index (χ2v) is 2.62. The Hall–Kier alpha value is -0.350. The van der Waals surface area contributed by atoms with Gasteiger partial charge in [0.05, 0.1) is 5.97 Å². The van der Waals surface area contributed by atoms with Gasteiger partial charge in [0.25, 0.3) is 0 Å². The summed E-state index contributed by atoms with van der Waals surface area (Å²) in [5, 5.41) is 10.3. The Morgan fingerprint density at radius 1 is 1.38 bits per heavy atom. The average Bonchev–Trinajstić information content (AvgIpc) is 2.06. The van der Waals surface area contributed by atoms with E-state index in [9.17, 15) is 9.90 Å². The van der Waals surface area contributed by atoms with Gasteiger partial charge in [-0.3, -0.25) is 0 Å². The summed E-state index contributed by atoms with van der Waals surface area (Å²) in [7, 11) is 0. The summed E-state index contributed by atoms with van der Waals surface area (Å²) < 4.78 is 0. The molecule has 0 aliphatic heterocycles. The van der Waals surface area contributed by atoms with E-state index in [-0.39, 0.29) is 29.6 Å². The molecule has 1 aromatic rings. The Bertz CT molecular complexity index is 264. The molecule has 0 radical (unpaired) electrons. The van der Waals surface area contributed by atoms with Crippen LogP contribution in [0.4, 0.5) is 0 Å². The molecule has 0 aromatic heterocycles. The van der Waals surface area contributed by atoms with Gasteiger partial charge < -0.3 is 15.6 Å². The summed E-state index contributed by atoms with van der Waals surface area (Å²) in [5.41, 5.74) is 6.20. The fourth-order valence-corrected chi connectivity index (χ4v) is 0.951. The first-order valence-corrected chi connectivity index (χ1v) is 3.70. The van der Waals surface area contributed by atoms with Crippen molar-refractivity contribution in [3.63, 3.8) is 0 Å². The molecular formula is C9H10NNaO2. The molecule has 0 amide bonds. The van der Waals surface area contributed by atoms with E-state index in [1.807, 2.05) is 30.3 Å². The molecule has 1 atom stereocenters. The smallest absolute Gasteiger partial charge is 0.548 e. The van der Waals surface area contributed by atoms with E-state index >= 15 is 0 Å². The number of carbonyl (C=O) groups is 1. The van der Waals surface area contributed by atoms with Gasteiger partial charge in [-0.15, -0.1) is 0 Å². The van der Waals surface area contributed by atoms with Gasteiger partial charge in [0.1, 0.15) is 0 Å². The Morgan fingerprint density at radius 3 is 2.38 bits per heavy atom. The van der Waals surface area contributed by atoms with Gasteiger partial charge in [0.2, 0.25) is 0 Å². The number of nitrogens with two attached hydrogens (primary N) is 1. The van der Waals surface area contributed by atoms with Crippen molar-refractivity contribution in [3.8, 4) is 0 Å². The number of carbonyl (C=O) groups excluding carboxylic acids is 1. The molecule has 0 fully saturated rings. The van der Waals surface area contributed by atoms with Crippen molar-refractivity contribution in [2.45, 2.75) is 12.5 Å². The summed E-state index contributed by atoms with van der Waals surface area (Å²) in [6.07, 6.45) is 0.323. The van der Waals surface area contributed by atoms with Gasteiger partial charge >= 0.3 is 29.6 Å². The molecule has 0 saturated heterocycles. The zero-order valence-corrected chi connectivity index (χ0v) is 9.57. The topological polar surface area (TPSA) is 66.2 Å². The minimum atomic E-state index is -1.21. The zero-order chi connectivity index (χ0) is 8.97. The fourth-order valence-electron chi connectivity index (χ4n) is 0.951. The maximum absolute atomic E-state index is 10.3. The van der Waals surface area contributed by atoms with E-state index in [1.165, 1.54) is 0 Å². The summed E-state index contributed by atoms with van der Waals surface area (Å²) in [4.78, 5) is 10.3. The zero-order valence-electron chi connectivity index (χ0n) is 7.57. The summed E-state index contributed by atoms with van der Waals surface area (Å²) in [5.74, 6) is -1.21. The number of benzene rings is 1. The first kappa shape index (κ1) is 12.7. The first-order chi connectivity index (χ1) is 5.70. The SMILES string of the molecule is N[C@@H](Cc1ccccc1)C(=O)[O-].[Na+]. The monoisotopic (exact) mass is 187 g/mol. The van der Waals surface area contributed by atoms with Crippen molar-refractivity contribution in [2.24, 2.45) is 5.73 Å². The van der Waals surface area contributed by atoms with Crippen molar-refractivity contribution in [3.05, 3.63) is 35.9 Å². The number of carboxylic acid groups (broad SMARTS) is 1. The van der Waals surface area contributed by atoms with Crippen LogP contribution in [0.3, 0.4) is 0 Å². The van der Waals surface area contributed by atoms with E-state index < -0.39 is 12.0 Å². The average molecular weight is 187 g/mol. The molecule has 1 aromatic carbocycles. The molecule has 0 aliphatic rings. The van der Waals surface area contributed by atoms with Gasteiger partial charge in [-0.05, 0) is 12.0 Å². The second kappa shape index (κ2) is 6.16. The maximum Gasteiger partial charge on any atom is 1.00 e. The molecule has 4 heteroatoms. The van der Waals surface area contributed by atoms with E-state index in [2.05, 4.69) is 0 Å². The number of aliphatic carboxylic acids is 1. The Balaban J connectivity index is 0.00000144. The van der Waals surface area contributed by atoms with Crippen LogP contribution in [0.5, 0.6) is 0 Å². The van der Waals surface area contributed by atoms with Crippen LogP contribution in [-0.4, -0.2) is 12.0 Å². The molecule has 0 bridgehead atoms. The Morgan fingerprint density at radius 2 is 1.92 bits per heavy atom. The van der Waals surface area contributed by atoms with Crippen molar-refractivity contribution >= 4 is 5.97 Å². The molecule has 2 N–H and O–H groups in total. The van der Waals surface area contributed by atoms with Crippen LogP contribution in [0.15, 0.2) is 30.3 Å². The van der Waals surface area contributed by atoms with Crippen molar-refractivity contribution in [1.29, 1.82) is 0 Å². The molecule has 0 aliphatic carbocycles. The van der Waals surface area contributed by atoms with Crippen LogP contribution < -0.4 is 40.4 Å². The van der Waals surface area contributed by atoms with Crippen molar-refractivity contribution in [2.75, 3.05) is 0 Å². The first-order valence-electron chi connectivity index (χ1n) is 3.70. The van der Waals surface area contributed by atoms with Gasteiger partial charge in [-0.25, -0.2) is 0 Å². The fraction of sp³-hybridized carbons (Fsp3) is 0.222. The maximum atomic E-state index is 10.3. The van der Waals surface area contributed by atoms with E-state index in [0.29, 0.717) is 6.42 Å². The van der Waals surface area contributed by atoms with Crippen LogP contribution >= 0.6 is 0 Å². The molecule has 0 unspecified atom stereocenters. The molecule has 0 spiro atoms. The Kier molecular flexibility index (Phi) is 5.99. The summed E-state index contributed by atoms with van der Waals surface area (Å²) >= 11 is 0. The second-order valence-electron chi connectivity index (χ2n) is 2.62. The van der Waals surface area contributed by atoms with Crippen LogP contribution in [-0.2, 0) is 11.2 Å². The van der Waals surface area contributed by atoms with Crippen LogP contribution in [0, 0.1) is 0 Å². The van der Waals surface area contributed by atoms with E-state index in [1.54, 1.807) is 0 Å². The molecule has 3 nitrogen and oxygen atoms in total. The molecule has 64 valence electrons. The predicted molar refractivity (Wildman–Crippen MR) is 43.1 cm³/mol. The third kappa shape index (κ3) is 4.43. The van der Waals surface area contributed by atoms with Crippen LogP contribution in [0.25, 0.3) is 0 Å². The van der Waals surface area contributed by atoms with E-state index in [4.69, 9.17) is 5.73 Å². The van der Waals surface area contributed by atoms with Crippen LogP contribution in [0.1, 0.15) is 5.56 Å². The standard InChI is InChI=1S/C9H11NO2.Na/c10-8(9(11)12)6-7-4-2-1-3-5-7;/h1-5,8H,6,10H2,(H,11,12);/q;+1/p-1/t8-;/m0./s1. The minimum absolute atomic E-state index is 0. The van der Waals surface area contributed by atoms with Crippen molar-refractivity contribution in [1.82, 2.24) is 0 Å². The molecule has 13 heavy (non-hydrogen) atoms. The number of hydrogen-bond donors (Lipinski definition) is 1. The van der Waals surface area contributed by atoms with Gasteiger partial charge in [-0.1, -0.05) is 30.3 Å². The molecular weight excluding hydrogens is 177 g/mol. The summed E-state index contributed by atoms with van der Waals surface area (Å²) in [6, 6.07) is 8.32. The van der Waals surface area contributed by atoms with Gasteiger partial charge in [-0.2, -0.15) is 0 Å². The molecule has 1 rings (SSSR count). The van der Waals surface area contributed by atoms with Gasteiger partial charge in [0, 0.05) is 6.04 Å². The summed E-state index contributed by atoms with van der Waals surface area (Å²) in [6.45, 7) is 0. The molecule has 0 heterocycles. The van der Waals surface area contributed by atoms with E-state index in [0.717, 1.165) is 5.56 Å². The quantitative estimate of drug-likeness (QED) is 0.495. The third-order valence-corrected chi connectivity index (χ3v) is 1.60. The predicted octanol–water partition coefficient (Wildman–Crippen LogP) is -3.69. The third-order valence-electron chi connectivity index (χ3n) is 1.60.